The maximum absolute atomic E-state index is 11.1. The van der Waals surface area contributed by atoms with Crippen LogP contribution in [0.2, 0.25) is 0 Å². The van der Waals surface area contributed by atoms with Gasteiger partial charge in [0.25, 0.3) is 0 Å². The summed E-state index contributed by atoms with van der Waals surface area (Å²) in [6.45, 7) is 1.99. The van der Waals surface area contributed by atoms with Crippen LogP contribution in [-0.2, 0) is 12.8 Å². The van der Waals surface area contributed by atoms with Crippen molar-refractivity contribution < 1.29 is 9.90 Å². The Morgan fingerprint density at radius 3 is 2.94 bits per heavy atom. The van der Waals surface area contributed by atoms with E-state index in [2.05, 4.69) is 4.98 Å². The van der Waals surface area contributed by atoms with E-state index in [4.69, 9.17) is 5.11 Å². The summed E-state index contributed by atoms with van der Waals surface area (Å²) in [6, 6.07) is 3.97. The molecule has 5 heteroatoms. The maximum Gasteiger partial charge on any atom is 0.347 e. The lowest BCUT2D eigenvalue weighted by Gasteiger charge is -1.95. The van der Waals surface area contributed by atoms with E-state index in [0.717, 1.165) is 16.3 Å². The Morgan fingerprint density at radius 2 is 2.38 bits per heavy atom. The van der Waals surface area contributed by atoms with Gasteiger partial charge in [0.2, 0.25) is 0 Å². The van der Waals surface area contributed by atoms with E-state index in [1.54, 1.807) is 11.3 Å². The fourth-order valence-corrected chi connectivity index (χ4v) is 2.99. The van der Waals surface area contributed by atoms with Gasteiger partial charge in [-0.15, -0.1) is 22.7 Å². The molecule has 0 saturated heterocycles. The summed E-state index contributed by atoms with van der Waals surface area (Å²) in [7, 11) is 0. The van der Waals surface area contributed by atoms with Crippen LogP contribution in [0.3, 0.4) is 0 Å². The molecule has 16 heavy (non-hydrogen) atoms. The summed E-state index contributed by atoms with van der Waals surface area (Å²) in [5, 5.41) is 12.0. The molecule has 2 heterocycles. The molecule has 2 rings (SSSR count). The molecule has 0 unspecified atom stereocenters. The average Bonchev–Trinajstić information content (AvgIpc) is 2.87. The highest BCUT2D eigenvalue weighted by Crippen LogP contribution is 2.23. The number of carboxylic acids is 1. The second kappa shape index (κ2) is 4.76. The Hall–Kier alpha value is -1.20. The SMILES string of the molecule is CCc1nc(Cc2cccs2)c(C(=O)O)s1. The second-order valence-corrected chi connectivity index (χ2v) is 5.41. The van der Waals surface area contributed by atoms with Gasteiger partial charge in [0.15, 0.2) is 0 Å². The predicted molar refractivity (Wildman–Crippen MR) is 65.6 cm³/mol. The van der Waals surface area contributed by atoms with Gasteiger partial charge in [-0.1, -0.05) is 13.0 Å². The lowest BCUT2D eigenvalue weighted by atomic mass is 10.2. The highest BCUT2D eigenvalue weighted by Gasteiger charge is 2.16. The van der Waals surface area contributed by atoms with Crippen molar-refractivity contribution in [2.75, 3.05) is 0 Å². The average molecular weight is 253 g/mol. The molecule has 0 spiro atoms. The van der Waals surface area contributed by atoms with Crippen LogP contribution in [0.25, 0.3) is 0 Å². The van der Waals surface area contributed by atoms with Crippen molar-refractivity contribution in [1.82, 2.24) is 4.98 Å². The number of aromatic nitrogens is 1. The first-order chi connectivity index (χ1) is 7.70. The van der Waals surface area contributed by atoms with Crippen molar-refractivity contribution >= 4 is 28.6 Å². The van der Waals surface area contributed by atoms with Gasteiger partial charge in [0.05, 0.1) is 10.7 Å². The third-order valence-corrected chi connectivity index (χ3v) is 4.27. The van der Waals surface area contributed by atoms with Crippen molar-refractivity contribution in [1.29, 1.82) is 0 Å². The molecule has 0 bridgehead atoms. The number of hydrogen-bond acceptors (Lipinski definition) is 4. The first-order valence-electron chi connectivity index (χ1n) is 4.95. The molecule has 2 aromatic rings. The van der Waals surface area contributed by atoms with Crippen LogP contribution in [0.1, 0.15) is 32.2 Å². The minimum atomic E-state index is -0.872. The maximum atomic E-state index is 11.1. The largest absolute Gasteiger partial charge is 0.477 e. The van der Waals surface area contributed by atoms with Gasteiger partial charge in [-0.05, 0) is 17.9 Å². The monoisotopic (exact) mass is 253 g/mol. The number of hydrogen-bond donors (Lipinski definition) is 1. The smallest absolute Gasteiger partial charge is 0.347 e. The Labute approximate surface area is 101 Å². The number of carboxylic acid groups (broad SMARTS) is 1. The first-order valence-corrected chi connectivity index (χ1v) is 6.64. The van der Waals surface area contributed by atoms with Gasteiger partial charge < -0.3 is 5.11 Å². The Kier molecular flexibility index (Phi) is 3.36. The minimum absolute atomic E-state index is 0.380. The summed E-state index contributed by atoms with van der Waals surface area (Å²) in [4.78, 5) is 17.0. The zero-order valence-electron chi connectivity index (χ0n) is 8.77. The van der Waals surface area contributed by atoms with Crippen molar-refractivity contribution in [3.05, 3.63) is 38.0 Å². The van der Waals surface area contributed by atoms with Crippen LogP contribution in [-0.4, -0.2) is 16.1 Å². The number of thiophene rings is 1. The molecule has 0 amide bonds. The van der Waals surface area contributed by atoms with Crippen molar-refractivity contribution in [2.24, 2.45) is 0 Å². The highest BCUT2D eigenvalue weighted by atomic mass is 32.1. The Balaban J connectivity index is 2.31. The molecule has 2 aromatic heterocycles. The van der Waals surface area contributed by atoms with E-state index >= 15 is 0 Å². The molecular weight excluding hydrogens is 242 g/mol. The summed E-state index contributed by atoms with van der Waals surface area (Å²) >= 11 is 2.91. The van der Waals surface area contributed by atoms with Crippen molar-refractivity contribution in [2.45, 2.75) is 19.8 Å². The van der Waals surface area contributed by atoms with Crippen LogP contribution in [0.5, 0.6) is 0 Å². The van der Waals surface area contributed by atoms with Crippen LogP contribution in [0.15, 0.2) is 17.5 Å². The first kappa shape index (κ1) is 11.3. The van der Waals surface area contributed by atoms with Crippen LogP contribution >= 0.6 is 22.7 Å². The molecule has 3 nitrogen and oxygen atoms in total. The van der Waals surface area contributed by atoms with Crippen LogP contribution in [0.4, 0.5) is 0 Å². The van der Waals surface area contributed by atoms with Gasteiger partial charge in [-0.25, -0.2) is 9.78 Å². The number of nitrogens with zero attached hydrogens (tertiary/aromatic N) is 1. The lowest BCUT2D eigenvalue weighted by Crippen LogP contribution is -1.99. The molecule has 1 N–H and O–H groups in total. The van der Waals surface area contributed by atoms with Crippen molar-refractivity contribution in [3.8, 4) is 0 Å². The lowest BCUT2D eigenvalue weighted by molar-refractivity contribution is 0.0701. The third-order valence-electron chi connectivity index (χ3n) is 2.16. The number of rotatable bonds is 4. The summed E-state index contributed by atoms with van der Waals surface area (Å²) in [6.07, 6.45) is 1.41. The molecule has 0 aromatic carbocycles. The molecule has 84 valence electrons. The van der Waals surface area contributed by atoms with Gasteiger partial charge in [0, 0.05) is 11.3 Å². The number of carbonyl (C=O) groups is 1. The van der Waals surface area contributed by atoms with E-state index in [9.17, 15) is 4.79 Å². The summed E-state index contributed by atoms with van der Waals surface area (Å²) in [5.74, 6) is -0.872. The minimum Gasteiger partial charge on any atom is -0.477 e. The summed E-state index contributed by atoms with van der Waals surface area (Å²) < 4.78 is 0. The molecule has 0 aliphatic carbocycles. The number of thiazole rings is 1. The normalized spacial score (nSPS) is 10.6. The van der Waals surface area contributed by atoms with E-state index in [-0.39, 0.29) is 0 Å². The van der Waals surface area contributed by atoms with E-state index in [1.807, 2.05) is 24.4 Å². The second-order valence-electron chi connectivity index (χ2n) is 3.30. The van der Waals surface area contributed by atoms with Gasteiger partial charge in [0.1, 0.15) is 4.88 Å². The number of aromatic carboxylic acids is 1. The molecule has 0 radical (unpaired) electrons. The van der Waals surface area contributed by atoms with Gasteiger partial charge in [-0.2, -0.15) is 0 Å². The van der Waals surface area contributed by atoms with E-state index in [1.165, 1.54) is 11.3 Å². The fraction of sp³-hybridized carbons (Fsp3) is 0.273. The predicted octanol–water partition coefficient (Wildman–Crippen LogP) is 3.06. The quantitative estimate of drug-likeness (QED) is 0.911. The van der Waals surface area contributed by atoms with Crippen LogP contribution in [0, 0.1) is 0 Å². The van der Waals surface area contributed by atoms with E-state index in [0.29, 0.717) is 17.0 Å². The van der Waals surface area contributed by atoms with E-state index < -0.39 is 5.97 Å². The molecule has 0 saturated carbocycles. The number of aryl methyl sites for hydroxylation is 1. The topological polar surface area (TPSA) is 50.2 Å². The Morgan fingerprint density at radius 1 is 1.56 bits per heavy atom. The van der Waals surface area contributed by atoms with Gasteiger partial charge in [-0.3, -0.25) is 0 Å². The summed E-state index contributed by atoms with van der Waals surface area (Å²) in [5.41, 5.74) is 0.691. The molecule has 0 aliphatic rings. The fourth-order valence-electron chi connectivity index (χ4n) is 1.42. The zero-order valence-corrected chi connectivity index (χ0v) is 10.4. The van der Waals surface area contributed by atoms with Crippen LogP contribution < -0.4 is 0 Å². The molecule has 0 atom stereocenters. The molecule has 0 fully saturated rings. The van der Waals surface area contributed by atoms with Gasteiger partial charge >= 0.3 is 5.97 Å². The third kappa shape index (κ3) is 2.31. The molecular formula is C11H11NO2S2. The van der Waals surface area contributed by atoms with Crippen molar-refractivity contribution in [3.63, 3.8) is 0 Å². The molecule has 0 aliphatic heterocycles. The zero-order chi connectivity index (χ0) is 11.5. The Bertz CT molecular complexity index is 488. The standard InChI is InChI=1S/C11H11NO2S2/c1-2-9-12-8(10(16-9)11(13)14)6-7-4-3-5-15-7/h3-5H,2,6H2,1H3,(H,13,14). The highest BCUT2D eigenvalue weighted by molar-refractivity contribution is 7.13.